The molecule has 1 aromatic rings. The summed E-state index contributed by atoms with van der Waals surface area (Å²) in [4.78, 5) is 0. The van der Waals surface area contributed by atoms with Gasteiger partial charge in [0.15, 0.2) is 5.16 Å². The fourth-order valence-electron chi connectivity index (χ4n) is 2.67. The maximum Gasteiger partial charge on any atom is 0.191 e. The third kappa shape index (κ3) is 3.99. The zero-order chi connectivity index (χ0) is 14.8. The first-order chi connectivity index (χ1) is 10.2. The van der Waals surface area contributed by atoms with Gasteiger partial charge in [-0.1, -0.05) is 25.6 Å². The minimum Gasteiger partial charge on any atom is -0.395 e. The second-order valence-electron chi connectivity index (χ2n) is 6.55. The molecule has 5 nitrogen and oxygen atoms in total. The lowest BCUT2D eigenvalue weighted by atomic mass is 10.2. The van der Waals surface area contributed by atoms with Crippen molar-refractivity contribution in [1.29, 1.82) is 0 Å². The highest BCUT2D eigenvalue weighted by atomic mass is 32.2. The molecule has 1 heterocycles. The molecule has 0 radical (unpaired) electrons. The van der Waals surface area contributed by atoms with Crippen molar-refractivity contribution in [2.75, 3.05) is 12.4 Å². The van der Waals surface area contributed by atoms with Crippen LogP contribution in [0.5, 0.6) is 0 Å². The molecule has 2 aliphatic rings. The SMILES string of the molecule is CC(C)NC(CO)CCSc1nnc(C2CC2)n1C1CC1. The second kappa shape index (κ2) is 6.67. The van der Waals surface area contributed by atoms with E-state index in [1.807, 2.05) is 0 Å². The highest BCUT2D eigenvalue weighted by Gasteiger charge is 2.36. The molecule has 0 aliphatic heterocycles. The maximum absolute atomic E-state index is 9.41. The number of nitrogens with one attached hydrogen (secondary N) is 1. The number of nitrogens with zero attached hydrogens (tertiary/aromatic N) is 3. The smallest absolute Gasteiger partial charge is 0.191 e. The first-order valence-electron chi connectivity index (χ1n) is 8.13. The van der Waals surface area contributed by atoms with Crippen LogP contribution in [0.1, 0.15) is 63.7 Å². The van der Waals surface area contributed by atoms with Crippen LogP contribution in [0, 0.1) is 0 Å². The first-order valence-corrected chi connectivity index (χ1v) is 9.12. The van der Waals surface area contributed by atoms with Crippen LogP contribution >= 0.6 is 11.8 Å². The van der Waals surface area contributed by atoms with Crippen molar-refractivity contribution in [3.8, 4) is 0 Å². The molecule has 2 fully saturated rings. The Kier molecular flexibility index (Phi) is 4.86. The van der Waals surface area contributed by atoms with Crippen molar-refractivity contribution in [2.45, 2.75) is 75.2 Å². The van der Waals surface area contributed by atoms with E-state index in [4.69, 9.17) is 0 Å². The van der Waals surface area contributed by atoms with E-state index >= 15 is 0 Å². The number of aromatic nitrogens is 3. The van der Waals surface area contributed by atoms with Gasteiger partial charge in [-0.25, -0.2) is 0 Å². The summed E-state index contributed by atoms with van der Waals surface area (Å²) < 4.78 is 2.40. The minimum absolute atomic E-state index is 0.178. The molecular weight excluding hydrogens is 284 g/mol. The van der Waals surface area contributed by atoms with E-state index in [1.54, 1.807) is 11.8 Å². The van der Waals surface area contributed by atoms with E-state index in [2.05, 4.69) is 33.9 Å². The van der Waals surface area contributed by atoms with E-state index < -0.39 is 0 Å². The van der Waals surface area contributed by atoms with E-state index in [0.717, 1.165) is 17.3 Å². The van der Waals surface area contributed by atoms with Gasteiger partial charge in [0.25, 0.3) is 0 Å². The van der Waals surface area contributed by atoms with Gasteiger partial charge < -0.3 is 15.0 Å². The Balaban J connectivity index is 1.55. The van der Waals surface area contributed by atoms with E-state index in [0.29, 0.717) is 18.0 Å². The van der Waals surface area contributed by atoms with Gasteiger partial charge in [0.1, 0.15) is 5.82 Å². The van der Waals surface area contributed by atoms with Crippen LogP contribution in [-0.4, -0.2) is 44.3 Å². The Hall–Kier alpha value is -0.590. The molecule has 1 atom stereocenters. The number of hydrogen-bond acceptors (Lipinski definition) is 5. The van der Waals surface area contributed by atoms with Crippen molar-refractivity contribution in [1.82, 2.24) is 20.1 Å². The van der Waals surface area contributed by atoms with Gasteiger partial charge in [0.2, 0.25) is 0 Å². The molecular formula is C15H26N4OS. The standard InChI is InChI=1S/C15H26N4OS/c1-10(2)16-12(9-20)7-8-21-15-18-17-14(11-3-4-11)19(15)13-5-6-13/h10-13,16,20H,3-9H2,1-2H3. The molecule has 0 saturated heterocycles. The molecule has 3 rings (SSSR count). The van der Waals surface area contributed by atoms with E-state index in [-0.39, 0.29) is 12.6 Å². The predicted octanol–water partition coefficient (Wildman–Crippen LogP) is 2.33. The summed E-state index contributed by atoms with van der Waals surface area (Å²) >= 11 is 1.79. The Labute approximate surface area is 130 Å². The number of aliphatic hydroxyl groups is 1. The van der Waals surface area contributed by atoms with Crippen molar-refractivity contribution in [3.05, 3.63) is 5.82 Å². The Bertz CT molecular complexity index is 468. The Morgan fingerprint density at radius 2 is 2.05 bits per heavy atom. The fraction of sp³-hybridized carbons (Fsp3) is 0.867. The van der Waals surface area contributed by atoms with Crippen LogP contribution in [0.25, 0.3) is 0 Å². The Morgan fingerprint density at radius 1 is 1.29 bits per heavy atom. The molecule has 6 heteroatoms. The summed E-state index contributed by atoms with van der Waals surface area (Å²) in [5.74, 6) is 2.86. The van der Waals surface area contributed by atoms with Gasteiger partial charge in [-0.2, -0.15) is 0 Å². The molecule has 118 valence electrons. The number of thioether (sulfide) groups is 1. The lowest BCUT2D eigenvalue weighted by molar-refractivity contribution is 0.232. The third-order valence-electron chi connectivity index (χ3n) is 4.03. The van der Waals surface area contributed by atoms with Gasteiger partial charge >= 0.3 is 0 Å². The van der Waals surface area contributed by atoms with Gasteiger partial charge in [-0.05, 0) is 32.1 Å². The zero-order valence-corrected chi connectivity index (χ0v) is 13.8. The van der Waals surface area contributed by atoms with Gasteiger partial charge in [0.05, 0.1) is 6.61 Å². The van der Waals surface area contributed by atoms with E-state index in [1.165, 1.54) is 31.5 Å². The first kappa shape index (κ1) is 15.3. The topological polar surface area (TPSA) is 63.0 Å². The summed E-state index contributed by atoms with van der Waals surface area (Å²) in [6.07, 6.45) is 6.06. The van der Waals surface area contributed by atoms with E-state index in [9.17, 15) is 5.11 Å². The summed E-state index contributed by atoms with van der Waals surface area (Å²) in [7, 11) is 0. The zero-order valence-electron chi connectivity index (χ0n) is 13.0. The molecule has 1 aromatic heterocycles. The predicted molar refractivity (Wildman–Crippen MR) is 84.8 cm³/mol. The lowest BCUT2D eigenvalue weighted by Crippen LogP contribution is -2.37. The molecule has 0 spiro atoms. The van der Waals surface area contributed by atoms with Crippen molar-refractivity contribution in [2.24, 2.45) is 0 Å². The van der Waals surface area contributed by atoms with Crippen molar-refractivity contribution >= 4 is 11.8 Å². The molecule has 21 heavy (non-hydrogen) atoms. The average Bonchev–Trinajstić information content (AvgIpc) is 3.36. The molecule has 1 unspecified atom stereocenters. The highest BCUT2D eigenvalue weighted by Crippen LogP contribution is 2.46. The fourth-order valence-corrected chi connectivity index (χ4v) is 3.74. The van der Waals surface area contributed by atoms with Crippen LogP contribution in [0.2, 0.25) is 0 Å². The normalized spacial score (nSPS) is 20.2. The number of hydrogen-bond donors (Lipinski definition) is 2. The lowest BCUT2D eigenvalue weighted by Gasteiger charge is -2.18. The third-order valence-corrected chi connectivity index (χ3v) is 5.01. The quantitative estimate of drug-likeness (QED) is 0.686. The Morgan fingerprint density at radius 3 is 2.62 bits per heavy atom. The largest absolute Gasteiger partial charge is 0.395 e. The molecule has 0 aromatic carbocycles. The summed E-state index contributed by atoms with van der Waals surface area (Å²) in [6.45, 7) is 4.42. The van der Waals surface area contributed by atoms with Crippen LogP contribution < -0.4 is 5.32 Å². The number of rotatable bonds is 9. The molecule has 2 N–H and O–H groups in total. The number of aliphatic hydroxyl groups excluding tert-OH is 1. The summed E-state index contributed by atoms with van der Waals surface area (Å²) in [5.41, 5.74) is 0. The maximum atomic E-state index is 9.41. The van der Waals surface area contributed by atoms with Crippen LogP contribution in [0.4, 0.5) is 0 Å². The van der Waals surface area contributed by atoms with Crippen molar-refractivity contribution in [3.63, 3.8) is 0 Å². The molecule has 2 saturated carbocycles. The monoisotopic (exact) mass is 310 g/mol. The van der Waals surface area contributed by atoms with Gasteiger partial charge in [0, 0.05) is 29.8 Å². The molecule has 0 amide bonds. The highest BCUT2D eigenvalue weighted by molar-refractivity contribution is 7.99. The molecule has 2 aliphatic carbocycles. The van der Waals surface area contributed by atoms with Crippen LogP contribution in [0.3, 0.4) is 0 Å². The molecule has 0 bridgehead atoms. The minimum atomic E-state index is 0.178. The van der Waals surface area contributed by atoms with Gasteiger partial charge in [-0.15, -0.1) is 10.2 Å². The van der Waals surface area contributed by atoms with Gasteiger partial charge in [-0.3, -0.25) is 0 Å². The summed E-state index contributed by atoms with van der Waals surface area (Å²) in [5, 5.41) is 22.7. The van der Waals surface area contributed by atoms with Crippen molar-refractivity contribution < 1.29 is 5.11 Å². The van der Waals surface area contributed by atoms with Crippen LogP contribution in [0.15, 0.2) is 5.16 Å². The average molecular weight is 310 g/mol. The van der Waals surface area contributed by atoms with Crippen LogP contribution in [-0.2, 0) is 0 Å². The summed E-state index contributed by atoms with van der Waals surface area (Å²) in [6, 6.07) is 1.24. The second-order valence-corrected chi connectivity index (χ2v) is 7.62.